The van der Waals surface area contributed by atoms with Gasteiger partial charge in [0.1, 0.15) is 11.4 Å². The average Bonchev–Trinajstić information content (AvgIpc) is 2.78. The molecule has 1 aromatic rings. The second-order valence-electron chi connectivity index (χ2n) is 5.92. The maximum absolute atomic E-state index is 12.9. The van der Waals surface area contributed by atoms with Crippen LogP contribution in [0.3, 0.4) is 0 Å². The summed E-state index contributed by atoms with van der Waals surface area (Å²) in [6, 6.07) is 6.24. The molecule has 3 nitrogen and oxygen atoms in total. The molecule has 1 fully saturated rings. The average molecular weight is 277 g/mol. The monoisotopic (exact) mass is 277 g/mol. The van der Waals surface area contributed by atoms with Crippen molar-refractivity contribution >= 4 is 12.2 Å². The normalized spacial score (nSPS) is 17.6. The molecule has 0 spiro atoms. The molecule has 2 rings (SSSR count). The number of likely N-dealkylation sites (tertiary alicyclic amines) is 1. The maximum atomic E-state index is 12.9. The zero-order valence-electron chi connectivity index (χ0n) is 12.1. The first-order valence-corrected chi connectivity index (χ1v) is 6.82. The number of carbonyl (C=O) groups excluding carboxylic acids is 1. The Morgan fingerprint density at radius 1 is 1.30 bits per heavy atom. The first-order chi connectivity index (χ1) is 9.35. The highest BCUT2D eigenvalue weighted by Gasteiger charge is 2.27. The summed E-state index contributed by atoms with van der Waals surface area (Å²) in [7, 11) is 0. The molecule has 1 aliphatic rings. The smallest absolute Gasteiger partial charge is 0.414 e. The van der Waals surface area contributed by atoms with Gasteiger partial charge in [-0.25, -0.2) is 9.18 Å². The van der Waals surface area contributed by atoms with Crippen LogP contribution in [0.4, 0.5) is 9.18 Å². The minimum absolute atomic E-state index is 0.262. The third-order valence-corrected chi connectivity index (χ3v) is 2.98. The highest BCUT2D eigenvalue weighted by atomic mass is 19.1. The van der Waals surface area contributed by atoms with E-state index in [1.807, 2.05) is 26.8 Å². The molecule has 0 N–H and O–H groups in total. The van der Waals surface area contributed by atoms with Crippen molar-refractivity contribution in [1.82, 2.24) is 4.90 Å². The van der Waals surface area contributed by atoms with Crippen LogP contribution in [0.5, 0.6) is 0 Å². The van der Waals surface area contributed by atoms with Crippen LogP contribution < -0.4 is 0 Å². The fourth-order valence-corrected chi connectivity index (χ4v) is 2.12. The Morgan fingerprint density at radius 3 is 2.55 bits per heavy atom. The molecule has 1 amide bonds. The number of benzene rings is 1. The molecule has 20 heavy (non-hydrogen) atoms. The highest BCUT2D eigenvalue weighted by Crippen LogP contribution is 2.25. The van der Waals surface area contributed by atoms with E-state index in [4.69, 9.17) is 4.74 Å². The van der Waals surface area contributed by atoms with E-state index in [1.165, 1.54) is 12.1 Å². The fraction of sp³-hybridized carbons (Fsp3) is 0.438. The van der Waals surface area contributed by atoms with Gasteiger partial charge in [0, 0.05) is 12.2 Å². The summed E-state index contributed by atoms with van der Waals surface area (Å²) < 4.78 is 18.3. The summed E-state index contributed by atoms with van der Waals surface area (Å²) in [6.45, 7) is 6.22. The van der Waals surface area contributed by atoms with Crippen LogP contribution in [-0.2, 0) is 4.74 Å². The summed E-state index contributed by atoms with van der Waals surface area (Å²) in [6.07, 6.45) is 3.35. The van der Waals surface area contributed by atoms with Crippen molar-refractivity contribution < 1.29 is 13.9 Å². The fourth-order valence-electron chi connectivity index (χ4n) is 2.12. The number of nitrogens with zero attached hydrogens (tertiary/aromatic N) is 1. The van der Waals surface area contributed by atoms with E-state index in [1.54, 1.807) is 17.0 Å². The lowest BCUT2D eigenvalue weighted by Gasteiger charge is -2.25. The third-order valence-electron chi connectivity index (χ3n) is 2.98. The van der Waals surface area contributed by atoms with E-state index < -0.39 is 5.60 Å². The highest BCUT2D eigenvalue weighted by molar-refractivity contribution is 5.73. The first kappa shape index (κ1) is 14.6. The standard InChI is InChI=1S/C16H20FNO2/c1-16(2,3)20-15(19)18-10-4-5-14(18)11-12-6-8-13(17)9-7-12/h6-9,11H,4-5,10H2,1-3H3/b14-11+. The Hall–Kier alpha value is -1.84. The number of hydrogen-bond donors (Lipinski definition) is 0. The second kappa shape index (κ2) is 5.65. The van der Waals surface area contributed by atoms with Crippen LogP contribution >= 0.6 is 0 Å². The summed E-state index contributed by atoms with van der Waals surface area (Å²) >= 11 is 0. The predicted octanol–water partition coefficient (Wildman–Crippen LogP) is 4.20. The molecule has 1 aliphatic heterocycles. The van der Waals surface area contributed by atoms with Crippen LogP contribution in [0.25, 0.3) is 6.08 Å². The van der Waals surface area contributed by atoms with Crippen LogP contribution in [-0.4, -0.2) is 23.1 Å². The molecule has 0 unspecified atom stereocenters. The van der Waals surface area contributed by atoms with E-state index >= 15 is 0 Å². The van der Waals surface area contributed by atoms with E-state index in [0.717, 1.165) is 24.1 Å². The largest absolute Gasteiger partial charge is 0.443 e. The molecule has 1 heterocycles. The predicted molar refractivity (Wildman–Crippen MR) is 76.6 cm³/mol. The van der Waals surface area contributed by atoms with Crippen molar-refractivity contribution in [3.05, 3.63) is 41.3 Å². The quantitative estimate of drug-likeness (QED) is 0.770. The topological polar surface area (TPSA) is 29.5 Å². The van der Waals surface area contributed by atoms with Crippen molar-refractivity contribution in [3.8, 4) is 0 Å². The van der Waals surface area contributed by atoms with Crippen molar-refractivity contribution in [2.75, 3.05) is 6.54 Å². The second-order valence-corrected chi connectivity index (χ2v) is 5.92. The van der Waals surface area contributed by atoms with E-state index in [9.17, 15) is 9.18 Å². The van der Waals surface area contributed by atoms with Gasteiger partial charge >= 0.3 is 6.09 Å². The minimum Gasteiger partial charge on any atom is -0.443 e. The maximum Gasteiger partial charge on any atom is 0.414 e. The van der Waals surface area contributed by atoms with Gasteiger partial charge in [0.25, 0.3) is 0 Å². The van der Waals surface area contributed by atoms with Gasteiger partial charge in [0.2, 0.25) is 0 Å². The Morgan fingerprint density at radius 2 is 1.95 bits per heavy atom. The van der Waals surface area contributed by atoms with E-state index in [2.05, 4.69) is 0 Å². The number of amides is 1. The zero-order chi connectivity index (χ0) is 14.8. The lowest BCUT2D eigenvalue weighted by atomic mass is 10.1. The SMILES string of the molecule is CC(C)(C)OC(=O)N1CCC/C1=C\c1ccc(F)cc1. The molecule has 1 saturated heterocycles. The number of rotatable bonds is 1. The van der Waals surface area contributed by atoms with Crippen molar-refractivity contribution in [2.24, 2.45) is 0 Å². The molecule has 0 saturated carbocycles. The molecule has 0 aromatic heterocycles. The lowest BCUT2D eigenvalue weighted by molar-refractivity contribution is 0.0340. The number of ether oxygens (including phenoxy) is 1. The summed E-state index contributed by atoms with van der Waals surface area (Å²) in [4.78, 5) is 13.8. The first-order valence-electron chi connectivity index (χ1n) is 6.82. The van der Waals surface area contributed by atoms with Gasteiger partial charge in [-0.05, 0) is 57.4 Å². The molecule has 0 radical (unpaired) electrons. The molecular weight excluding hydrogens is 257 g/mol. The van der Waals surface area contributed by atoms with E-state index in [-0.39, 0.29) is 11.9 Å². The van der Waals surface area contributed by atoms with Crippen molar-refractivity contribution in [2.45, 2.75) is 39.2 Å². The van der Waals surface area contributed by atoms with Gasteiger partial charge < -0.3 is 4.74 Å². The van der Waals surface area contributed by atoms with Gasteiger partial charge in [-0.15, -0.1) is 0 Å². The van der Waals surface area contributed by atoms with Gasteiger partial charge in [-0.3, -0.25) is 4.90 Å². The molecule has 0 aliphatic carbocycles. The van der Waals surface area contributed by atoms with Crippen molar-refractivity contribution in [1.29, 1.82) is 0 Å². The molecule has 1 aromatic carbocycles. The summed E-state index contributed by atoms with van der Waals surface area (Å²) in [5.41, 5.74) is 1.31. The van der Waals surface area contributed by atoms with Crippen LogP contribution in [0.15, 0.2) is 30.0 Å². The van der Waals surface area contributed by atoms with Crippen LogP contribution in [0.1, 0.15) is 39.2 Å². The van der Waals surface area contributed by atoms with Gasteiger partial charge in [-0.2, -0.15) is 0 Å². The summed E-state index contributed by atoms with van der Waals surface area (Å²) in [5, 5.41) is 0. The Bertz CT molecular complexity index is 514. The molecule has 0 bridgehead atoms. The Labute approximate surface area is 119 Å². The van der Waals surface area contributed by atoms with E-state index in [0.29, 0.717) is 6.54 Å². The third kappa shape index (κ3) is 3.83. The Balaban J connectivity index is 2.14. The molecule has 108 valence electrons. The van der Waals surface area contributed by atoms with Gasteiger partial charge in [0.05, 0.1) is 0 Å². The van der Waals surface area contributed by atoms with Crippen molar-refractivity contribution in [3.63, 3.8) is 0 Å². The van der Waals surface area contributed by atoms with Crippen LogP contribution in [0, 0.1) is 5.82 Å². The van der Waals surface area contributed by atoms with Crippen LogP contribution in [0.2, 0.25) is 0 Å². The summed E-state index contributed by atoms with van der Waals surface area (Å²) in [5.74, 6) is -0.262. The minimum atomic E-state index is -0.499. The molecular formula is C16H20FNO2. The molecule has 0 atom stereocenters. The number of carbonyl (C=O) groups is 1. The van der Waals surface area contributed by atoms with Gasteiger partial charge in [-0.1, -0.05) is 12.1 Å². The zero-order valence-corrected chi connectivity index (χ0v) is 12.1. The Kier molecular flexibility index (Phi) is 4.12. The number of halogens is 1. The number of hydrogen-bond acceptors (Lipinski definition) is 2. The van der Waals surface area contributed by atoms with Gasteiger partial charge in [0.15, 0.2) is 0 Å². The molecule has 4 heteroatoms. The lowest BCUT2D eigenvalue weighted by Crippen LogP contribution is -2.34. The number of allylic oxidation sites excluding steroid dienone is 1.